The molecule has 7 nitrogen and oxygen atoms in total. The molecule has 134 valence electrons. The van der Waals surface area contributed by atoms with Gasteiger partial charge in [0.05, 0.1) is 4.92 Å². The fraction of sp³-hybridized carbons (Fsp3) is 0.100. The molecule has 4 rings (SSSR count). The van der Waals surface area contributed by atoms with E-state index in [9.17, 15) is 14.9 Å². The fourth-order valence-corrected chi connectivity index (χ4v) is 2.86. The summed E-state index contributed by atoms with van der Waals surface area (Å²) in [4.78, 5) is 27.0. The first-order valence-electron chi connectivity index (χ1n) is 8.21. The van der Waals surface area contributed by atoms with Crippen molar-refractivity contribution in [3.8, 4) is 5.75 Å². The number of nitro groups is 1. The number of hydrogen-bond acceptors (Lipinski definition) is 6. The third kappa shape index (κ3) is 3.22. The molecule has 0 aromatic heterocycles. The molecule has 0 saturated carbocycles. The second-order valence-electron chi connectivity index (χ2n) is 6.14. The van der Waals surface area contributed by atoms with Crippen molar-refractivity contribution in [3.63, 3.8) is 0 Å². The van der Waals surface area contributed by atoms with E-state index in [1.807, 2.05) is 30.3 Å². The number of carbonyl (C=O) groups excluding carboxylic acids is 1. The van der Waals surface area contributed by atoms with E-state index in [1.165, 1.54) is 6.07 Å². The molecule has 2 aliphatic heterocycles. The van der Waals surface area contributed by atoms with E-state index in [0.717, 1.165) is 16.9 Å². The summed E-state index contributed by atoms with van der Waals surface area (Å²) in [6.45, 7) is 1.96. The molecule has 0 aliphatic carbocycles. The number of fused-ring (bicyclic) bond motifs is 1. The van der Waals surface area contributed by atoms with Crippen molar-refractivity contribution in [2.45, 2.75) is 6.92 Å². The van der Waals surface area contributed by atoms with Crippen LogP contribution in [0.5, 0.6) is 5.75 Å². The summed E-state index contributed by atoms with van der Waals surface area (Å²) < 4.78 is 10.9. The molecule has 0 amide bonds. The van der Waals surface area contributed by atoms with Crippen molar-refractivity contribution >= 4 is 23.6 Å². The smallest absolute Gasteiger partial charge is 0.363 e. The maximum Gasteiger partial charge on any atom is 0.363 e. The molecule has 0 spiro atoms. The predicted octanol–water partition coefficient (Wildman–Crippen LogP) is 3.57. The highest BCUT2D eigenvalue weighted by Crippen LogP contribution is 2.28. The number of ether oxygens (including phenoxy) is 2. The topological polar surface area (TPSA) is 91.0 Å². The standard InChI is InChI=1S/C20H14N2O5/c1-12-6-7-15(10-17(12)22(24)25)19-21-16(20(23)27-19)9-13-8-14-4-2-3-5-18(14)26-11-13/h2-10H,11H2,1H3/b16-9-. The van der Waals surface area contributed by atoms with Crippen molar-refractivity contribution in [2.75, 3.05) is 6.61 Å². The van der Waals surface area contributed by atoms with Gasteiger partial charge in [-0.25, -0.2) is 9.79 Å². The number of benzene rings is 2. The zero-order valence-electron chi connectivity index (χ0n) is 14.3. The first-order chi connectivity index (χ1) is 13.0. The monoisotopic (exact) mass is 362 g/mol. The number of rotatable bonds is 3. The van der Waals surface area contributed by atoms with Crippen LogP contribution in [0.4, 0.5) is 5.69 Å². The fourth-order valence-electron chi connectivity index (χ4n) is 2.86. The molecule has 2 aromatic rings. The lowest BCUT2D eigenvalue weighted by molar-refractivity contribution is -0.385. The lowest BCUT2D eigenvalue weighted by Crippen LogP contribution is -2.08. The molecule has 2 aliphatic rings. The Hall–Kier alpha value is -3.74. The molecular formula is C20H14N2O5. The number of carbonyl (C=O) groups is 1. The molecule has 0 radical (unpaired) electrons. The molecule has 0 fully saturated rings. The zero-order chi connectivity index (χ0) is 19.0. The second kappa shape index (κ2) is 6.53. The number of nitro benzene ring substituents is 1. The Balaban J connectivity index is 1.66. The molecule has 2 aromatic carbocycles. The molecule has 7 heteroatoms. The van der Waals surface area contributed by atoms with Gasteiger partial charge in [0, 0.05) is 22.8 Å². The molecule has 0 unspecified atom stereocenters. The first-order valence-corrected chi connectivity index (χ1v) is 8.21. The minimum Gasteiger partial charge on any atom is -0.488 e. The Morgan fingerprint density at radius 1 is 1.22 bits per heavy atom. The zero-order valence-corrected chi connectivity index (χ0v) is 14.3. The van der Waals surface area contributed by atoms with E-state index < -0.39 is 10.9 Å². The van der Waals surface area contributed by atoms with Gasteiger partial charge >= 0.3 is 5.97 Å². The molecule has 2 heterocycles. The minimum absolute atomic E-state index is 0.0482. The van der Waals surface area contributed by atoms with Gasteiger partial charge in [-0.3, -0.25) is 10.1 Å². The van der Waals surface area contributed by atoms with Gasteiger partial charge in [0.2, 0.25) is 5.90 Å². The average molecular weight is 362 g/mol. The van der Waals surface area contributed by atoms with E-state index in [0.29, 0.717) is 17.7 Å². The lowest BCUT2D eigenvalue weighted by atomic mass is 10.1. The Kier molecular flexibility index (Phi) is 4.04. The van der Waals surface area contributed by atoms with E-state index in [4.69, 9.17) is 9.47 Å². The van der Waals surface area contributed by atoms with E-state index >= 15 is 0 Å². The predicted molar refractivity (Wildman–Crippen MR) is 98.5 cm³/mol. The Bertz CT molecular complexity index is 1070. The van der Waals surface area contributed by atoms with Crippen LogP contribution < -0.4 is 4.74 Å². The SMILES string of the molecule is Cc1ccc(C2=N/C(=C\C3=Cc4ccccc4OC3)C(=O)O2)cc1[N+](=O)[O-]. The Morgan fingerprint density at radius 3 is 2.85 bits per heavy atom. The van der Waals surface area contributed by atoms with Gasteiger partial charge in [-0.15, -0.1) is 0 Å². The summed E-state index contributed by atoms with van der Waals surface area (Å²) in [6.07, 6.45) is 3.53. The number of nitrogens with zero attached hydrogens (tertiary/aromatic N) is 2. The van der Waals surface area contributed by atoms with E-state index in [-0.39, 0.29) is 17.3 Å². The summed E-state index contributed by atoms with van der Waals surface area (Å²) in [6, 6.07) is 12.2. The molecule has 0 atom stereocenters. The Morgan fingerprint density at radius 2 is 2.04 bits per heavy atom. The van der Waals surface area contributed by atoms with Gasteiger partial charge in [-0.2, -0.15) is 0 Å². The highest BCUT2D eigenvalue weighted by molar-refractivity contribution is 6.11. The van der Waals surface area contributed by atoms with Crippen LogP contribution in [0.3, 0.4) is 0 Å². The third-order valence-electron chi connectivity index (χ3n) is 4.25. The second-order valence-corrected chi connectivity index (χ2v) is 6.14. The maximum absolute atomic E-state index is 12.2. The number of esters is 1. The first kappa shape index (κ1) is 16.7. The van der Waals surface area contributed by atoms with Gasteiger partial charge in [-0.1, -0.05) is 24.3 Å². The quantitative estimate of drug-likeness (QED) is 0.360. The van der Waals surface area contributed by atoms with Crippen molar-refractivity contribution < 1.29 is 19.2 Å². The van der Waals surface area contributed by atoms with Gasteiger partial charge in [-0.05, 0) is 36.8 Å². The third-order valence-corrected chi connectivity index (χ3v) is 4.25. The summed E-state index contributed by atoms with van der Waals surface area (Å²) in [5, 5.41) is 11.1. The van der Waals surface area contributed by atoms with Crippen molar-refractivity contribution in [2.24, 2.45) is 4.99 Å². The van der Waals surface area contributed by atoms with Crippen LogP contribution in [-0.2, 0) is 9.53 Å². The summed E-state index contributed by atoms with van der Waals surface area (Å²) in [5.41, 5.74) is 2.67. The summed E-state index contributed by atoms with van der Waals surface area (Å²) in [7, 11) is 0. The summed E-state index contributed by atoms with van der Waals surface area (Å²) >= 11 is 0. The van der Waals surface area contributed by atoms with Crippen LogP contribution in [0, 0.1) is 17.0 Å². The van der Waals surface area contributed by atoms with Crippen LogP contribution in [-0.4, -0.2) is 23.4 Å². The van der Waals surface area contributed by atoms with Gasteiger partial charge < -0.3 is 9.47 Å². The summed E-state index contributed by atoms with van der Waals surface area (Å²) in [5.74, 6) is 0.227. The van der Waals surface area contributed by atoms with Crippen LogP contribution in [0.1, 0.15) is 16.7 Å². The maximum atomic E-state index is 12.2. The van der Waals surface area contributed by atoms with E-state index in [2.05, 4.69) is 4.99 Å². The molecule has 27 heavy (non-hydrogen) atoms. The van der Waals surface area contributed by atoms with Crippen molar-refractivity contribution in [1.82, 2.24) is 0 Å². The number of para-hydroxylation sites is 1. The number of hydrogen-bond donors (Lipinski definition) is 0. The number of aliphatic imine (C=N–C) groups is 1. The lowest BCUT2D eigenvalue weighted by Gasteiger charge is -2.15. The number of cyclic esters (lactones) is 1. The molecule has 0 saturated heterocycles. The van der Waals surface area contributed by atoms with Gasteiger partial charge in [0.15, 0.2) is 5.70 Å². The van der Waals surface area contributed by atoms with Crippen molar-refractivity contribution in [1.29, 1.82) is 0 Å². The minimum atomic E-state index is -0.604. The number of aryl methyl sites for hydroxylation is 1. The highest BCUT2D eigenvalue weighted by atomic mass is 16.6. The average Bonchev–Trinajstić information content (AvgIpc) is 3.02. The largest absolute Gasteiger partial charge is 0.488 e. The normalized spacial score (nSPS) is 16.9. The van der Waals surface area contributed by atoms with Crippen LogP contribution in [0.2, 0.25) is 0 Å². The van der Waals surface area contributed by atoms with Crippen LogP contribution in [0.15, 0.2) is 64.8 Å². The van der Waals surface area contributed by atoms with Gasteiger partial charge in [0.1, 0.15) is 12.4 Å². The molecule has 0 N–H and O–H groups in total. The van der Waals surface area contributed by atoms with E-state index in [1.54, 1.807) is 25.1 Å². The Labute approximate surface area is 154 Å². The van der Waals surface area contributed by atoms with Crippen LogP contribution >= 0.6 is 0 Å². The van der Waals surface area contributed by atoms with Gasteiger partial charge in [0.25, 0.3) is 5.69 Å². The van der Waals surface area contributed by atoms with Crippen LogP contribution in [0.25, 0.3) is 6.08 Å². The van der Waals surface area contributed by atoms with Crippen molar-refractivity contribution in [3.05, 3.63) is 86.6 Å². The molecule has 0 bridgehead atoms. The highest BCUT2D eigenvalue weighted by Gasteiger charge is 2.26. The molecular weight excluding hydrogens is 348 g/mol.